The molecule has 1 aliphatic carbocycles. The Balaban J connectivity index is 1.28. The molecule has 2 aromatic carbocycles. The molecule has 2 aliphatic rings. The third kappa shape index (κ3) is 5.12. The van der Waals surface area contributed by atoms with Crippen LogP contribution in [0.1, 0.15) is 42.3 Å². The van der Waals surface area contributed by atoms with Crippen LogP contribution in [0.3, 0.4) is 0 Å². The van der Waals surface area contributed by atoms with E-state index in [9.17, 15) is 13.2 Å². The third-order valence-corrected chi connectivity index (χ3v) is 8.87. The van der Waals surface area contributed by atoms with Crippen LogP contribution in [0.4, 0.5) is 0 Å². The van der Waals surface area contributed by atoms with E-state index in [0.29, 0.717) is 50.6 Å². The molecule has 186 valence electrons. The van der Waals surface area contributed by atoms with Crippen LogP contribution >= 0.6 is 0 Å². The number of hydrogen-bond donors (Lipinski definition) is 1. The number of carbonyl (C=O) groups excluding carboxylic acids is 1. The molecule has 1 atom stereocenters. The molecule has 2 heterocycles. The number of benzene rings is 2. The van der Waals surface area contributed by atoms with E-state index in [2.05, 4.69) is 41.5 Å². The first kappa shape index (κ1) is 24.0. The summed E-state index contributed by atoms with van der Waals surface area (Å²) in [5.74, 6) is 1.27. The summed E-state index contributed by atoms with van der Waals surface area (Å²) in [7, 11) is -1.69. The summed E-state index contributed by atoms with van der Waals surface area (Å²) < 4.78 is 34.7. The van der Waals surface area contributed by atoms with E-state index in [4.69, 9.17) is 4.74 Å². The highest BCUT2D eigenvalue weighted by atomic mass is 32.2. The molecular weight excluding hydrogens is 464 g/mol. The Morgan fingerprint density at radius 3 is 2.54 bits per heavy atom. The number of morpholine rings is 1. The van der Waals surface area contributed by atoms with Gasteiger partial charge in [0.05, 0.1) is 35.2 Å². The number of hydrogen-bond acceptors (Lipinski definition) is 5. The maximum absolute atomic E-state index is 13.0. The molecule has 1 aromatic heterocycles. The number of nitrogens with one attached hydrogen (secondary N) is 1. The van der Waals surface area contributed by atoms with E-state index in [1.807, 2.05) is 11.6 Å². The number of fused-ring (bicyclic) bond motifs is 1. The first-order chi connectivity index (χ1) is 16.8. The normalized spacial score (nSPS) is 18.0. The van der Waals surface area contributed by atoms with Crippen LogP contribution in [-0.2, 0) is 33.0 Å². The third-order valence-electron chi connectivity index (χ3n) is 6.97. The lowest BCUT2D eigenvalue weighted by Crippen LogP contribution is -2.40. The average molecular weight is 497 g/mol. The molecule has 0 spiro atoms. The van der Waals surface area contributed by atoms with Crippen molar-refractivity contribution in [2.75, 3.05) is 26.3 Å². The number of imidazole rings is 1. The highest BCUT2D eigenvalue weighted by Crippen LogP contribution is 2.41. The van der Waals surface area contributed by atoms with Gasteiger partial charge in [0, 0.05) is 33.0 Å². The lowest BCUT2D eigenvalue weighted by Gasteiger charge is -2.26. The molecule has 1 saturated carbocycles. The summed E-state index contributed by atoms with van der Waals surface area (Å²) in [6.45, 7) is 3.58. The number of rotatable bonds is 8. The quantitative estimate of drug-likeness (QED) is 0.517. The SMILES string of the molecule is Cc1ccc([C@H](NC(=O)CCc2nc3cc(S(=O)(=O)N4CCOCC4)ccc3n2C)C2CC2)cc1. The smallest absolute Gasteiger partial charge is 0.243 e. The molecule has 9 heteroatoms. The van der Waals surface area contributed by atoms with E-state index in [-0.39, 0.29) is 16.8 Å². The molecule has 0 radical (unpaired) electrons. The average Bonchev–Trinajstić information content (AvgIpc) is 3.66. The molecule has 5 rings (SSSR count). The monoisotopic (exact) mass is 496 g/mol. The molecule has 35 heavy (non-hydrogen) atoms. The first-order valence-corrected chi connectivity index (χ1v) is 13.7. The maximum Gasteiger partial charge on any atom is 0.243 e. The van der Waals surface area contributed by atoms with Crippen molar-refractivity contribution in [3.8, 4) is 0 Å². The first-order valence-electron chi connectivity index (χ1n) is 12.2. The van der Waals surface area contributed by atoms with Gasteiger partial charge in [-0.15, -0.1) is 0 Å². The van der Waals surface area contributed by atoms with Gasteiger partial charge >= 0.3 is 0 Å². The Labute approximate surface area is 206 Å². The highest BCUT2D eigenvalue weighted by molar-refractivity contribution is 7.89. The molecular formula is C26H32N4O4S. The topological polar surface area (TPSA) is 93.5 Å². The van der Waals surface area contributed by atoms with Gasteiger partial charge in [-0.25, -0.2) is 13.4 Å². The number of nitrogens with zero attached hydrogens (tertiary/aromatic N) is 3. The number of sulfonamides is 1. The van der Waals surface area contributed by atoms with Gasteiger partial charge in [0.25, 0.3) is 0 Å². The van der Waals surface area contributed by atoms with Gasteiger partial charge in [0.15, 0.2) is 0 Å². The second-order valence-electron chi connectivity index (χ2n) is 9.55. The summed E-state index contributed by atoms with van der Waals surface area (Å²) in [6, 6.07) is 13.5. The number of aromatic nitrogens is 2. The lowest BCUT2D eigenvalue weighted by molar-refractivity contribution is -0.122. The molecule has 0 bridgehead atoms. The molecule has 1 aliphatic heterocycles. The van der Waals surface area contributed by atoms with E-state index in [0.717, 1.165) is 29.7 Å². The van der Waals surface area contributed by atoms with Gasteiger partial charge in [-0.1, -0.05) is 29.8 Å². The van der Waals surface area contributed by atoms with Crippen LogP contribution in [0.25, 0.3) is 11.0 Å². The Morgan fingerprint density at radius 2 is 1.86 bits per heavy atom. The fraction of sp³-hybridized carbons (Fsp3) is 0.462. The maximum atomic E-state index is 13.0. The van der Waals surface area contributed by atoms with Crippen molar-refractivity contribution in [1.82, 2.24) is 19.2 Å². The van der Waals surface area contributed by atoms with Gasteiger partial charge in [0.2, 0.25) is 15.9 Å². The van der Waals surface area contributed by atoms with Gasteiger partial charge in [-0.05, 0) is 49.4 Å². The Bertz CT molecular complexity index is 1320. The van der Waals surface area contributed by atoms with Crippen LogP contribution in [0.2, 0.25) is 0 Å². The molecule has 1 N–H and O–H groups in total. The minimum atomic E-state index is -3.59. The van der Waals surface area contributed by atoms with Crippen molar-refractivity contribution < 1.29 is 17.9 Å². The molecule has 2 fully saturated rings. The largest absolute Gasteiger partial charge is 0.379 e. The van der Waals surface area contributed by atoms with E-state index < -0.39 is 10.0 Å². The Kier molecular flexibility index (Phi) is 6.65. The van der Waals surface area contributed by atoms with Crippen LogP contribution in [0, 0.1) is 12.8 Å². The summed E-state index contributed by atoms with van der Waals surface area (Å²) in [6.07, 6.45) is 3.08. The minimum Gasteiger partial charge on any atom is -0.379 e. The zero-order valence-corrected chi connectivity index (χ0v) is 21.1. The highest BCUT2D eigenvalue weighted by Gasteiger charge is 2.33. The van der Waals surface area contributed by atoms with Crippen molar-refractivity contribution in [3.05, 3.63) is 59.4 Å². The van der Waals surface area contributed by atoms with E-state index >= 15 is 0 Å². The zero-order chi connectivity index (χ0) is 24.6. The fourth-order valence-electron chi connectivity index (χ4n) is 4.70. The summed E-state index contributed by atoms with van der Waals surface area (Å²) in [4.78, 5) is 17.8. The number of carbonyl (C=O) groups is 1. The Hall–Kier alpha value is -2.75. The summed E-state index contributed by atoms with van der Waals surface area (Å²) >= 11 is 0. The van der Waals surface area contributed by atoms with Gasteiger partial charge in [0.1, 0.15) is 5.82 Å². The van der Waals surface area contributed by atoms with Gasteiger partial charge in [-0.3, -0.25) is 4.79 Å². The number of aryl methyl sites for hydroxylation is 3. The van der Waals surface area contributed by atoms with Crippen molar-refractivity contribution in [3.63, 3.8) is 0 Å². The molecule has 8 nitrogen and oxygen atoms in total. The fourth-order valence-corrected chi connectivity index (χ4v) is 6.13. The number of amides is 1. The molecule has 1 amide bonds. The second kappa shape index (κ2) is 9.72. The van der Waals surface area contributed by atoms with E-state index in [1.54, 1.807) is 18.2 Å². The molecule has 0 unspecified atom stereocenters. The minimum absolute atomic E-state index is 0.00474. The lowest BCUT2D eigenvalue weighted by atomic mass is 10.0. The van der Waals surface area contributed by atoms with Crippen molar-refractivity contribution in [1.29, 1.82) is 0 Å². The van der Waals surface area contributed by atoms with Crippen molar-refractivity contribution >= 4 is 27.0 Å². The second-order valence-corrected chi connectivity index (χ2v) is 11.5. The zero-order valence-electron chi connectivity index (χ0n) is 20.2. The van der Waals surface area contributed by atoms with Crippen LogP contribution in [0.5, 0.6) is 0 Å². The summed E-state index contributed by atoms with van der Waals surface area (Å²) in [5, 5.41) is 3.23. The van der Waals surface area contributed by atoms with Crippen LogP contribution in [-0.4, -0.2) is 54.5 Å². The van der Waals surface area contributed by atoms with Crippen molar-refractivity contribution in [2.45, 2.75) is 43.5 Å². The summed E-state index contributed by atoms with van der Waals surface area (Å²) in [5.41, 5.74) is 3.82. The predicted octanol–water partition coefficient (Wildman–Crippen LogP) is 3.10. The standard InChI is InChI=1S/C26H32N4O4S/c1-18-3-5-19(6-4-18)26(20-7-8-20)28-25(31)12-11-24-27-22-17-21(9-10-23(22)29(24)2)35(32,33)30-13-15-34-16-14-30/h3-6,9-10,17,20,26H,7-8,11-16H2,1-2H3,(H,28,31)/t26-/m0/s1. The van der Waals surface area contributed by atoms with Crippen molar-refractivity contribution in [2.24, 2.45) is 13.0 Å². The number of ether oxygens (including phenoxy) is 1. The van der Waals surface area contributed by atoms with Gasteiger partial charge in [-0.2, -0.15) is 4.31 Å². The molecule has 1 saturated heterocycles. The predicted molar refractivity (Wildman–Crippen MR) is 133 cm³/mol. The van der Waals surface area contributed by atoms with E-state index in [1.165, 1.54) is 9.87 Å². The Morgan fingerprint density at radius 1 is 1.14 bits per heavy atom. The van der Waals surface area contributed by atoms with Gasteiger partial charge < -0.3 is 14.6 Å². The van der Waals surface area contributed by atoms with Crippen LogP contribution < -0.4 is 5.32 Å². The molecule has 3 aromatic rings. The van der Waals surface area contributed by atoms with Crippen LogP contribution in [0.15, 0.2) is 47.4 Å².